The molecule has 0 aromatic carbocycles. The summed E-state index contributed by atoms with van der Waals surface area (Å²) in [4.78, 5) is 38.1. The van der Waals surface area contributed by atoms with Crippen molar-refractivity contribution in [1.29, 1.82) is 0 Å². The number of hydrogen-bond acceptors (Lipinski definition) is 8. The fourth-order valence-corrected chi connectivity index (χ4v) is 11.6. The van der Waals surface area contributed by atoms with Gasteiger partial charge in [0.05, 0.1) is 27.7 Å². The number of unbranched alkanes of at least 4 members (excludes halogenated alkanes) is 43. The topological polar surface area (TPSA) is 111 Å². The summed E-state index contributed by atoms with van der Waals surface area (Å²) < 4.78 is 34.3. The molecular weight excluding hydrogens is 1100 g/mol. The van der Waals surface area contributed by atoms with Gasteiger partial charge in [-0.3, -0.25) is 14.2 Å². The Labute approximate surface area is 539 Å². The summed E-state index contributed by atoms with van der Waals surface area (Å²) >= 11 is 0. The van der Waals surface area contributed by atoms with E-state index in [1.54, 1.807) is 0 Å². The van der Waals surface area contributed by atoms with Crippen LogP contribution in [0.25, 0.3) is 0 Å². The van der Waals surface area contributed by atoms with E-state index in [0.717, 1.165) is 96.3 Å². The molecule has 10 heteroatoms. The van der Waals surface area contributed by atoms with Crippen molar-refractivity contribution in [1.82, 2.24) is 0 Å². The van der Waals surface area contributed by atoms with Gasteiger partial charge in [-0.25, -0.2) is 0 Å². The lowest BCUT2D eigenvalue weighted by atomic mass is 10.0. The average molecular weight is 1240 g/mol. The zero-order valence-electron chi connectivity index (χ0n) is 58.0. The summed E-state index contributed by atoms with van der Waals surface area (Å²) in [5.41, 5.74) is 0. The first-order valence-corrected chi connectivity index (χ1v) is 38.6. The van der Waals surface area contributed by atoms with Crippen LogP contribution in [-0.4, -0.2) is 70.0 Å². The summed E-state index contributed by atoms with van der Waals surface area (Å²) in [6.07, 6.45) is 91.6. The molecule has 0 spiro atoms. The molecule has 508 valence electrons. The largest absolute Gasteiger partial charge is 0.756 e. The van der Waals surface area contributed by atoms with Crippen LogP contribution in [0.2, 0.25) is 0 Å². The zero-order chi connectivity index (χ0) is 63.4. The van der Waals surface area contributed by atoms with E-state index in [1.165, 1.54) is 225 Å². The summed E-state index contributed by atoms with van der Waals surface area (Å²) in [6.45, 7) is 4.15. The van der Waals surface area contributed by atoms with Gasteiger partial charge in [0.2, 0.25) is 0 Å². The van der Waals surface area contributed by atoms with E-state index in [9.17, 15) is 19.0 Å². The Morgan fingerprint density at radius 1 is 0.368 bits per heavy atom. The van der Waals surface area contributed by atoms with Gasteiger partial charge in [0.1, 0.15) is 19.8 Å². The van der Waals surface area contributed by atoms with Gasteiger partial charge in [-0.1, -0.05) is 350 Å². The Balaban J connectivity index is 3.95. The van der Waals surface area contributed by atoms with Crippen molar-refractivity contribution in [3.8, 4) is 0 Å². The minimum Gasteiger partial charge on any atom is -0.756 e. The maximum atomic E-state index is 12.9. The smallest absolute Gasteiger partial charge is 0.306 e. The molecule has 0 saturated carbocycles. The number of hydrogen-bond donors (Lipinski definition) is 0. The van der Waals surface area contributed by atoms with Gasteiger partial charge in [0, 0.05) is 12.8 Å². The summed E-state index contributed by atoms with van der Waals surface area (Å²) in [6, 6.07) is 0. The van der Waals surface area contributed by atoms with E-state index in [-0.39, 0.29) is 32.0 Å². The van der Waals surface area contributed by atoms with Crippen LogP contribution in [0.3, 0.4) is 0 Å². The van der Waals surface area contributed by atoms with E-state index in [1.807, 2.05) is 21.1 Å². The monoisotopic (exact) mass is 1240 g/mol. The fourth-order valence-electron chi connectivity index (χ4n) is 10.8. The summed E-state index contributed by atoms with van der Waals surface area (Å²) in [7, 11) is 1.16. The lowest BCUT2D eigenvalue weighted by molar-refractivity contribution is -0.870. The van der Waals surface area contributed by atoms with Crippen molar-refractivity contribution >= 4 is 19.8 Å². The third-order valence-corrected chi connectivity index (χ3v) is 17.5. The lowest BCUT2D eigenvalue weighted by Crippen LogP contribution is -2.37. The van der Waals surface area contributed by atoms with Crippen LogP contribution in [0.4, 0.5) is 0 Å². The molecule has 0 aliphatic carbocycles. The highest BCUT2D eigenvalue weighted by atomic mass is 31.2. The minimum atomic E-state index is -4.65. The molecular formula is C77H142NO8P. The number of phosphoric acid groups is 1. The fraction of sp³-hybridized carbons (Fsp3) is 0.818. The number of rotatable bonds is 69. The van der Waals surface area contributed by atoms with Crippen LogP contribution in [-0.2, 0) is 32.7 Å². The number of likely N-dealkylation sites (N-methyl/N-ethyl adjacent to an activating group) is 1. The second kappa shape index (κ2) is 67.8. The van der Waals surface area contributed by atoms with Crippen molar-refractivity contribution < 1.29 is 42.1 Å². The number of carbonyl (C=O) groups excluding carboxylic acids is 2. The predicted octanol–water partition coefficient (Wildman–Crippen LogP) is 23.7. The first-order chi connectivity index (χ1) is 42.5. The Kier molecular flexibility index (Phi) is 65.8. The molecule has 87 heavy (non-hydrogen) atoms. The maximum Gasteiger partial charge on any atom is 0.306 e. The van der Waals surface area contributed by atoms with E-state index in [2.05, 4.69) is 86.8 Å². The molecule has 0 aromatic heterocycles. The third kappa shape index (κ3) is 72.4. The highest BCUT2D eigenvalue weighted by molar-refractivity contribution is 7.45. The molecule has 0 saturated heterocycles. The van der Waals surface area contributed by atoms with E-state index in [0.29, 0.717) is 17.4 Å². The standard InChI is InChI=1S/C77H142NO8P/c1-6-8-10-12-14-16-18-20-22-24-26-28-30-32-33-34-35-36-37-38-39-40-41-42-43-44-46-47-49-51-53-55-57-59-61-63-65-67-69-76(79)83-73-75(74-85-87(81,82)84-72-71-78(3,4)5)86-77(80)70-68-66-64-62-60-58-56-54-52-50-48-45-31-29-27-25-23-21-19-17-15-13-11-9-7-2/h9,11,15,17,21,23,27,29,45,48,52,54,75H,6-8,10,12-14,16,18-20,22,24-26,28,30-44,46-47,49-51,53,55-74H2,1-5H3/b11-9-,17-15-,23-21-,29-27-,48-45-,54-52-. The van der Waals surface area contributed by atoms with Gasteiger partial charge >= 0.3 is 11.9 Å². The number of quaternary nitrogens is 1. The lowest BCUT2D eigenvalue weighted by Gasteiger charge is -2.28. The zero-order valence-corrected chi connectivity index (χ0v) is 58.9. The van der Waals surface area contributed by atoms with Crippen LogP contribution in [0.1, 0.15) is 354 Å². The van der Waals surface area contributed by atoms with E-state index in [4.69, 9.17) is 18.5 Å². The van der Waals surface area contributed by atoms with E-state index >= 15 is 0 Å². The van der Waals surface area contributed by atoms with Gasteiger partial charge in [0.15, 0.2) is 6.10 Å². The molecule has 0 heterocycles. The van der Waals surface area contributed by atoms with Gasteiger partial charge in [-0.15, -0.1) is 0 Å². The molecule has 0 fully saturated rings. The van der Waals surface area contributed by atoms with Crippen molar-refractivity contribution in [2.75, 3.05) is 47.5 Å². The third-order valence-electron chi connectivity index (χ3n) is 16.5. The molecule has 0 amide bonds. The SMILES string of the molecule is CC/C=C\C/C=C\C/C=C\C/C=C\C/C=C\C/C=C\CCCCCCCCC(=O)OC(COC(=O)CCCCCCCCCCCCCCCCCCCCCCCCCCCCCCCCCCCCCCCC)COP(=O)([O-])OCC[N+](C)(C)C. The highest BCUT2D eigenvalue weighted by Gasteiger charge is 2.22. The van der Waals surface area contributed by atoms with Crippen LogP contribution < -0.4 is 4.89 Å². The maximum absolute atomic E-state index is 12.9. The van der Waals surface area contributed by atoms with Crippen LogP contribution >= 0.6 is 7.82 Å². The molecule has 0 aliphatic heterocycles. The van der Waals surface area contributed by atoms with Gasteiger partial charge < -0.3 is 27.9 Å². The van der Waals surface area contributed by atoms with Gasteiger partial charge in [-0.05, 0) is 64.2 Å². The molecule has 0 N–H and O–H groups in total. The second-order valence-corrected chi connectivity index (χ2v) is 27.7. The molecule has 2 unspecified atom stereocenters. The van der Waals surface area contributed by atoms with Crippen molar-refractivity contribution in [3.63, 3.8) is 0 Å². The molecule has 0 rings (SSSR count). The molecule has 0 aromatic rings. The number of nitrogens with zero attached hydrogens (tertiary/aromatic N) is 1. The predicted molar refractivity (Wildman–Crippen MR) is 374 cm³/mol. The number of phosphoric ester groups is 1. The molecule has 0 bridgehead atoms. The normalized spacial score (nSPS) is 13.5. The van der Waals surface area contributed by atoms with E-state index < -0.39 is 26.5 Å². The van der Waals surface area contributed by atoms with Crippen LogP contribution in [0.15, 0.2) is 72.9 Å². The minimum absolute atomic E-state index is 0.0357. The molecule has 2 atom stereocenters. The Bertz CT molecular complexity index is 1700. The Hall–Kier alpha value is -2.55. The second-order valence-electron chi connectivity index (χ2n) is 26.3. The van der Waals surface area contributed by atoms with Crippen molar-refractivity contribution in [3.05, 3.63) is 72.9 Å². The van der Waals surface area contributed by atoms with Crippen molar-refractivity contribution in [2.45, 2.75) is 360 Å². The molecule has 0 radical (unpaired) electrons. The average Bonchev–Trinajstić information content (AvgIpc) is 3.49. The number of allylic oxidation sites excluding steroid dienone is 12. The molecule has 9 nitrogen and oxygen atoms in total. The first-order valence-electron chi connectivity index (χ1n) is 37.1. The number of esters is 2. The summed E-state index contributed by atoms with van der Waals surface area (Å²) in [5.74, 6) is -0.839. The van der Waals surface area contributed by atoms with Gasteiger partial charge in [0.25, 0.3) is 7.82 Å². The van der Waals surface area contributed by atoms with Crippen LogP contribution in [0, 0.1) is 0 Å². The number of carbonyl (C=O) groups is 2. The van der Waals surface area contributed by atoms with Gasteiger partial charge in [-0.2, -0.15) is 0 Å². The molecule has 0 aliphatic rings. The quantitative estimate of drug-likeness (QED) is 0.0195. The van der Waals surface area contributed by atoms with Crippen LogP contribution in [0.5, 0.6) is 0 Å². The Morgan fingerprint density at radius 3 is 0.977 bits per heavy atom. The highest BCUT2D eigenvalue weighted by Crippen LogP contribution is 2.38. The number of ether oxygens (including phenoxy) is 2. The first kappa shape index (κ1) is 84.5. The summed E-state index contributed by atoms with van der Waals surface area (Å²) in [5, 5.41) is 0. The Morgan fingerprint density at radius 2 is 0.655 bits per heavy atom. The van der Waals surface area contributed by atoms with Crippen molar-refractivity contribution in [2.24, 2.45) is 0 Å².